The van der Waals surface area contributed by atoms with Crippen LogP contribution < -0.4 is 5.32 Å². The highest BCUT2D eigenvalue weighted by Gasteiger charge is 2.27. The Bertz CT molecular complexity index is 305. The molecule has 0 spiro atoms. The molecule has 0 radical (unpaired) electrons. The van der Waals surface area contributed by atoms with Gasteiger partial charge in [0.2, 0.25) is 5.91 Å². The standard InChI is InChI=1S/C13H24N2O3/c1-9(2)15(3)12(16)8-14-11-6-4-5-10(7-11)13(17)18/h9-11,14H,4-8H2,1-3H3,(H,17,18). The first-order valence-corrected chi connectivity index (χ1v) is 6.63. The Morgan fingerprint density at radius 3 is 2.61 bits per heavy atom. The molecule has 1 saturated carbocycles. The van der Waals surface area contributed by atoms with E-state index in [-0.39, 0.29) is 23.9 Å². The molecule has 1 rings (SSSR count). The Labute approximate surface area is 109 Å². The lowest BCUT2D eigenvalue weighted by molar-refractivity contribution is -0.143. The zero-order valence-corrected chi connectivity index (χ0v) is 11.5. The maximum Gasteiger partial charge on any atom is 0.306 e. The third-order valence-electron chi connectivity index (χ3n) is 3.73. The largest absolute Gasteiger partial charge is 0.481 e. The van der Waals surface area contributed by atoms with E-state index in [4.69, 9.17) is 5.11 Å². The van der Waals surface area contributed by atoms with Crippen LogP contribution in [0.2, 0.25) is 0 Å². The molecule has 104 valence electrons. The molecule has 0 heterocycles. The molecule has 2 unspecified atom stereocenters. The number of likely N-dealkylation sites (N-methyl/N-ethyl adjacent to an activating group) is 1. The van der Waals surface area contributed by atoms with Crippen LogP contribution in [0.5, 0.6) is 0 Å². The second-order valence-corrected chi connectivity index (χ2v) is 5.38. The molecular formula is C13H24N2O3. The predicted molar refractivity (Wildman–Crippen MR) is 69.3 cm³/mol. The van der Waals surface area contributed by atoms with Crippen molar-refractivity contribution in [2.45, 2.75) is 51.6 Å². The van der Waals surface area contributed by atoms with Crippen molar-refractivity contribution >= 4 is 11.9 Å². The molecule has 5 heteroatoms. The number of hydrogen-bond acceptors (Lipinski definition) is 3. The number of amides is 1. The molecule has 2 atom stereocenters. The molecular weight excluding hydrogens is 232 g/mol. The van der Waals surface area contributed by atoms with E-state index in [0.717, 1.165) is 19.3 Å². The van der Waals surface area contributed by atoms with Gasteiger partial charge in [-0.15, -0.1) is 0 Å². The fourth-order valence-corrected chi connectivity index (χ4v) is 2.24. The number of carbonyl (C=O) groups excluding carboxylic acids is 1. The lowest BCUT2D eigenvalue weighted by Gasteiger charge is -2.28. The van der Waals surface area contributed by atoms with E-state index in [1.807, 2.05) is 13.8 Å². The van der Waals surface area contributed by atoms with Gasteiger partial charge in [-0.1, -0.05) is 6.42 Å². The molecule has 1 aliphatic rings. The summed E-state index contributed by atoms with van der Waals surface area (Å²) in [4.78, 5) is 24.4. The topological polar surface area (TPSA) is 69.6 Å². The zero-order chi connectivity index (χ0) is 13.7. The molecule has 1 amide bonds. The van der Waals surface area contributed by atoms with Crippen LogP contribution in [0.4, 0.5) is 0 Å². The van der Waals surface area contributed by atoms with Crippen LogP contribution in [0.3, 0.4) is 0 Å². The van der Waals surface area contributed by atoms with Crippen LogP contribution in [-0.2, 0) is 9.59 Å². The third-order valence-corrected chi connectivity index (χ3v) is 3.73. The van der Waals surface area contributed by atoms with Gasteiger partial charge >= 0.3 is 5.97 Å². The van der Waals surface area contributed by atoms with Gasteiger partial charge in [0.1, 0.15) is 0 Å². The normalized spacial score (nSPS) is 24.0. The van der Waals surface area contributed by atoms with Crippen LogP contribution in [0.15, 0.2) is 0 Å². The molecule has 0 bridgehead atoms. The number of nitrogens with one attached hydrogen (secondary N) is 1. The third kappa shape index (κ3) is 4.29. The van der Waals surface area contributed by atoms with Crippen LogP contribution in [0, 0.1) is 5.92 Å². The number of hydrogen-bond donors (Lipinski definition) is 2. The first kappa shape index (κ1) is 15.0. The van der Waals surface area contributed by atoms with E-state index in [9.17, 15) is 9.59 Å². The van der Waals surface area contributed by atoms with Gasteiger partial charge in [-0.25, -0.2) is 0 Å². The summed E-state index contributed by atoms with van der Waals surface area (Å²) >= 11 is 0. The number of carboxylic acids is 1. The van der Waals surface area contributed by atoms with Crippen LogP contribution in [0.25, 0.3) is 0 Å². The van der Waals surface area contributed by atoms with Crippen molar-refractivity contribution < 1.29 is 14.7 Å². The summed E-state index contributed by atoms with van der Waals surface area (Å²) < 4.78 is 0. The van der Waals surface area contributed by atoms with Crippen LogP contribution in [-0.4, -0.2) is 47.6 Å². The van der Waals surface area contributed by atoms with Gasteiger partial charge in [-0.05, 0) is 33.1 Å². The average Bonchev–Trinajstić information content (AvgIpc) is 2.35. The monoisotopic (exact) mass is 256 g/mol. The minimum Gasteiger partial charge on any atom is -0.481 e. The minimum absolute atomic E-state index is 0.0578. The van der Waals surface area contributed by atoms with E-state index in [1.54, 1.807) is 11.9 Å². The van der Waals surface area contributed by atoms with Crippen molar-refractivity contribution in [1.29, 1.82) is 0 Å². The summed E-state index contributed by atoms with van der Waals surface area (Å²) in [5.74, 6) is -0.913. The van der Waals surface area contributed by atoms with Crippen LogP contribution in [0.1, 0.15) is 39.5 Å². The SMILES string of the molecule is CC(C)N(C)C(=O)CNC1CCCC(C(=O)O)C1. The Kier molecular flexibility index (Phi) is 5.59. The molecule has 2 N–H and O–H groups in total. The van der Waals surface area contributed by atoms with Crippen molar-refractivity contribution in [1.82, 2.24) is 10.2 Å². The first-order valence-electron chi connectivity index (χ1n) is 6.63. The minimum atomic E-state index is -0.716. The van der Waals surface area contributed by atoms with Gasteiger partial charge in [0.05, 0.1) is 12.5 Å². The molecule has 0 saturated heterocycles. The highest BCUT2D eigenvalue weighted by molar-refractivity contribution is 5.78. The maximum absolute atomic E-state index is 11.8. The average molecular weight is 256 g/mol. The number of carboxylic acid groups (broad SMARTS) is 1. The summed E-state index contributed by atoms with van der Waals surface area (Å²) in [6.07, 6.45) is 3.27. The second kappa shape index (κ2) is 6.73. The van der Waals surface area contributed by atoms with Gasteiger partial charge in [0.15, 0.2) is 0 Å². The number of rotatable bonds is 5. The van der Waals surface area contributed by atoms with E-state index < -0.39 is 5.97 Å². The van der Waals surface area contributed by atoms with Gasteiger partial charge in [-0.3, -0.25) is 9.59 Å². The van der Waals surface area contributed by atoms with Crippen molar-refractivity contribution in [3.63, 3.8) is 0 Å². The Hall–Kier alpha value is -1.10. The lowest BCUT2D eigenvalue weighted by atomic mass is 9.86. The summed E-state index contributed by atoms with van der Waals surface area (Å²) in [5.41, 5.74) is 0. The molecule has 0 aromatic rings. The number of carbonyl (C=O) groups is 2. The quantitative estimate of drug-likeness (QED) is 0.772. The van der Waals surface area contributed by atoms with Crippen molar-refractivity contribution in [3.8, 4) is 0 Å². The highest BCUT2D eigenvalue weighted by atomic mass is 16.4. The van der Waals surface area contributed by atoms with E-state index in [2.05, 4.69) is 5.32 Å². The van der Waals surface area contributed by atoms with E-state index in [0.29, 0.717) is 13.0 Å². The van der Waals surface area contributed by atoms with Gasteiger partial charge in [0.25, 0.3) is 0 Å². The highest BCUT2D eigenvalue weighted by Crippen LogP contribution is 2.24. The molecule has 1 fully saturated rings. The van der Waals surface area contributed by atoms with Gasteiger partial charge < -0.3 is 15.3 Å². The summed E-state index contributed by atoms with van der Waals surface area (Å²) in [6, 6.07) is 0.349. The Morgan fingerprint density at radius 1 is 1.39 bits per heavy atom. The second-order valence-electron chi connectivity index (χ2n) is 5.38. The van der Waals surface area contributed by atoms with Crippen molar-refractivity contribution in [2.24, 2.45) is 5.92 Å². The molecule has 0 aromatic heterocycles. The molecule has 0 aliphatic heterocycles. The summed E-state index contributed by atoms with van der Waals surface area (Å²) in [5, 5.41) is 12.2. The Balaban J connectivity index is 2.35. The fourth-order valence-electron chi connectivity index (χ4n) is 2.24. The van der Waals surface area contributed by atoms with Crippen LogP contribution >= 0.6 is 0 Å². The predicted octanol–water partition coefficient (Wildman–Crippen LogP) is 1.09. The fraction of sp³-hybridized carbons (Fsp3) is 0.846. The number of aliphatic carboxylic acids is 1. The molecule has 1 aliphatic carbocycles. The van der Waals surface area contributed by atoms with Gasteiger partial charge in [-0.2, -0.15) is 0 Å². The molecule has 5 nitrogen and oxygen atoms in total. The summed E-state index contributed by atoms with van der Waals surface area (Å²) in [6.45, 7) is 4.24. The number of nitrogens with zero attached hydrogens (tertiary/aromatic N) is 1. The maximum atomic E-state index is 11.8. The van der Waals surface area contributed by atoms with Crippen molar-refractivity contribution in [2.75, 3.05) is 13.6 Å². The van der Waals surface area contributed by atoms with E-state index >= 15 is 0 Å². The first-order chi connectivity index (χ1) is 8.41. The zero-order valence-electron chi connectivity index (χ0n) is 11.5. The Morgan fingerprint density at radius 2 is 2.06 bits per heavy atom. The van der Waals surface area contributed by atoms with Gasteiger partial charge in [0, 0.05) is 19.1 Å². The van der Waals surface area contributed by atoms with Crippen molar-refractivity contribution in [3.05, 3.63) is 0 Å². The smallest absolute Gasteiger partial charge is 0.306 e. The summed E-state index contributed by atoms with van der Waals surface area (Å²) in [7, 11) is 1.79. The molecule has 18 heavy (non-hydrogen) atoms. The molecule has 0 aromatic carbocycles. The lowest BCUT2D eigenvalue weighted by Crippen LogP contribution is -2.44. The van der Waals surface area contributed by atoms with E-state index in [1.165, 1.54) is 0 Å².